The predicted octanol–water partition coefficient (Wildman–Crippen LogP) is 0.0667. The molecule has 11 heteroatoms. The van der Waals surface area contributed by atoms with Crippen molar-refractivity contribution in [1.29, 1.82) is 0 Å². The molecule has 1 saturated heterocycles. The van der Waals surface area contributed by atoms with Crippen molar-refractivity contribution in [1.82, 2.24) is 8.61 Å². The molecule has 152 valence electrons. The molecule has 27 heavy (non-hydrogen) atoms. The van der Waals surface area contributed by atoms with Gasteiger partial charge in [0, 0.05) is 26.2 Å². The predicted molar refractivity (Wildman–Crippen MR) is 98.5 cm³/mol. The van der Waals surface area contributed by atoms with Gasteiger partial charge in [-0.1, -0.05) is 6.92 Å². The lowest BCUT2D eigenvalue weighted by Gasteiger charge is -2.32. The van der Waals surface area contributed by atoms with E-state index in [0.717, 1.165) is 6.26 Å². The fourth-order valence-electron chi connectivity index (χ4n) is 2.72. The molecule has 0 spiro atoms. The quantitative estimate of drug-likeness (QED) is 0.574. The van der Waals surface area contributed by atoms with Crippen LogP contribution >= 0.6 is 0 Å². The third-order valence-corrected chi connectivity index (χ3v) is 7.49. The Bertz CT molecular complexity index is 889. The number of carbonyl (C=O) groups excluding carboxylic acids is 1. The van der Waals surface area contributed by atoms with E-state index in [9.17, 15) is 21.6 Å². The zero-order chi connectivity index (χ0) is 20.2. The highest BCUT2D eigenvalue weighted by molar-refractivity contribution is 7.89. The van der Waals surface area contributed by atoms with Gasteiger partial charge < -0.3 is 9.47 Å². The molecule has 1 aliphatic rings. The molecule has 1 aromatic carbocycles. The van der Waals surface area contributed by atoms with Gasteiger partial charge in [-0.3, -0.25) is 0 Å². The second-order valence-corrected chi connectivity index (χ2v) is 9.97. The van der Waals surface area contributed by atoms with E-state index >= 15 is 0 Å². The first kappa shape index (κ1) is 21.6. The molecular formula is C16H24N2O7S2. The molecule has 1 aliphatic heterocycles. The molecule has 0 aliphatic carbocycles. The van der Waals surface area contributed by atoms with Crippen molar-refractivity contribution < 1.29 is 31.1 Å². The van der Waals surface area contributed by atoms with E-state index in [1.165, 1.54) is 33.9 Å². The van der Waals surface area contributed by atoms with Gasteiger partial charge >= 0.3 is 5.97 Å². The number of piperazine rings is 1. The number of benzene rings is 1. The first-order chi connectivity index (χ1) is 12.6. The van der Waals surface area contributed by atoms with Crippen LogP contribution in [-0.2, 0) is 36.0 Å². The van der Waals surface area contributed by atoms with Crippen LogP contribution in [0.2, 0.25) is 0 Å². The van der Waals surface area contributed by atoms with E-state index in [1.807, 2.05) is 6.92 Å². The van der Waals surface area contributed by atoms with E-state index in [4.69, 9.17) is 4.74 Å². The normalized spacial score (nSPS) is 16.9. The molecule has 2 rings (SSSR count). The molecular weight excluding hydrogens is 396 g/mol. The maximum Gasteiger partial charge on any atom is 0.343 e. The molecule has 1 heterocycles. The van der Waals surface area contributed by atoms with Crippen LogP contribution in [0, 0.1) is 0 Å². The highest BCUT2D eigenvalue weighted by Crippen LogP contribution is 2.26. The lowest BCUT2D eigenvalue weighted by atomic mass is 10.1. The Kier molecular flexibility index (Phi) is 6.84. The fraction of sp³-hybridized carbons (Fsp3) is 0.562. The van der Waals surface area contributed by atoms with Gasteiger partial charge in [-0.25, -0.2) is 21.6 Å². The topological polar surface area (TPSA) is 110 Å². The minimum Gasteiger partial charge on any atom is -0.482 e. The summed E-state index contributed by atoms with van der Waals surface area (Å²) in [5.74, 6) is -0.110. The molecule has 1 aromatic rings. The Balaban J connectivity index is 2.18. The average Bonchev–Trinajstić information content (AvgIpc) is 2.65. The standard InChI is InChI=1S/C16H24N2O7S2/c1-4-13-11-14(5-6-15(13)25-12-16(19)24-2)27(22,23)18-9-7-17(8-10-18)26(3,20)21/h5-6,11H,4,7-10,12H2,1-3H3. The SMILES string of the molecule is CCc1cc(S(=O)(=O)N2CCN(S(C)(=O)=O)CC2)ccc1OCC(=O)OC. The maximum absolute atomic E-state index is 12.9. The van der Waals surface area contributed by atoms with E-state index in [0.29, 0.717) is 17.7 Å². The Morgan fingerprint density at radius 2 is 1.67 bits per heavy atom. The smallest absolute Gasteiger partial charge is 0.343 e. The summed E-state index contributed by atoms with van der Waals surface area (Å²) in [6.45, 7) is 2.03. The van der Waals surface area contributed by atoms with Crippen LogP contribution in [0.5, 0.6) is 5.75 Å². The summed E-state index contributed by atoms with van der Waals surface area (Å²) >= 11 is 0. The molecule has 0 radical (unpaired) electrons. The summed E-state index contributed by atoms with van der Waals surface area (Å²) in [6.07, 6.45) is 1.62. The summed E-state index contributed by atoms with van der Waals surface area (Å²) in [5, 5.41) is 0. The van der Waals surface area contributed by atoms with Crippen LogP contribution < -0.4 is 4.74 Å². The summed E-state index contributed by atoms with van der Waals surface area (Å²) < 4.78 is 61.4. The van der Waals surface area contributed by atoms with Crippen LogP contribution in [0.25, 0.3) is 0 Å². The number of hydrogen-bond acceptors (Lipinski definition) is 7. The first-order valence-electron chi connectivity index (χ1n) is 8.37. The van der Waals surface area contributed by atoms with Crippen molar-refractivity contribution in [3.05, 3.63) is 23.8 Å². The van der Waals surface area contributed by atoms with Crippen molar-refractivity contribution in [3.8, 4) is 5.75 Å². The average molecular weight is 421 g/mol. The van der Waals surface area contributed by atoms with Gasteiger partial charge in [-0.2, -0.15) is 8.61 Å². The highest BCUT2D eigenvalue weighted by atomic mass is 32.2. The number of esters is 1. The molecule has 0 N–H and O–H groups in total. The second kappa shape index (κ2) is 8.55. The summed E-state index contributed by atoms with van der Waals surface area (Å²) in [6, 6.07) is 4.45. The lowest BCUT2D eigenvalue weighted by Crippen LogP contribution is -2.50. The lowest BCUT2D eigenvalue weighted by molar-refractivity contribution is -0.142. The van der Waals surface area contributed by atoms with Crippen molar-refractivity contribution in [3.63, 3.8) is 0 Å². The molecule has 0 saturated carbocycles. The van der Waals surface area contributed by atoms with E-state index < -0.39 is 26.0 Å². The molecule has 0 unspecified atom stereocenters. The van der Waals surface area contributed by atoms with E-state index in [-0.39, 0.29) is 37.7 Å². The second-order valence-electron chi connectivity index (χ2n) is 6.05. The molecule has 9 nitrogen and oxygen atoms in total. The number of aryl methyl sites for hydroxylation is 1. The third kappa shape index (κ3) is 5.18. The Hall–Kier alpha value is -1.69. The number of carbonyl (C=O) groups is 1. The zero-order valence-electron chi connectivity index (χ0n) is 15.5. The van der Waals surface area contributed by atoms with Crippen LogP contribution in [0.4, 0.5) is 0 Å². The van der Waals surface area contributed by atoms with Gasteiger partial charge in [0.15, 0.2) is 6.61 Å². The van der Waals surface area contributed by atoms with Gasteiger partial charge in [0.25, 0.3) is 0 Å². The minimum atomic E-state index is -3.75. The minimum absolute atomic E-state index is 0.0947. The number of methoxy groups -OCH3 is 1. The third-order valence-electron chi connectivity index (χ3n) is 4.29. The van der Waals surface area contributed by atoms with Crippen LogP contribution in [0.1, 0.15) is 12.5 Å². The molecule has 0 bridgehead atoms. The van der Waals surface area contributed by atoms with Crippen LogP contribution in [0.15, 0.2) is 23.1 Å². The van der Waals surface area contributed by atoms with Gasteiger partial charge in [-0.05, 0) is 30.2 Å². The number of rotatable bonds is 7. The first-order valence-corrected chi connectivity index (χ1v) is 11.7. The summed E-state index contributed by atoms with van der Waals surface area (Å²) in [7, 11) is -5.83. The van der Waals surface area contributed by atoms with E-state index in [2.05, 4.69) is 4.74 Å². The zero-order valence-corrected chi connectivity index (χ0v) is 17.2. The Morgan fingerprint density at radius 1 is 1.07 bits per heavy atom. The monoisotopic (exact) mass is 420 g/mol. The van der Waals surface area contributed by atoms with Gasteiger partial charge in [-0.15, -0.1) is 0 Å². The van der Waals surface area contributed by atoms with Crippen molar-refractivity contribution in [2.24, 2.45) is 0 Å². The van der Waals surface area contributed by atoms with Gasteiger partial charge in [0.2, 0.25) is 20.0 Å². The van der Waals surface area contributed by atoms with Gasteiger partial charge in [0.1, 0.15) is 5.75 Å². The molecule has 0 atom stereocenters. The van der Waals surface area contributed by atoms with Crippen molar-refractivity contribution in [2.45, 2.75) is 18.2 Å². The van der Waals surface area contributed by atoms with Crippen molar-refractivity contribution in [2.75, 3.05) is 46.2 Å². The van der Waals surface area contributed by atoms with E-state index in [1.54, 1.807) is 0 Å². The number of ether oxygens (including phenoxy) is 2. The number of sulfonamides is 2. The largest absolute Gasteiger partial charge is 0.482 e. The van der Waals surface area contributed by atoms with Crippen LogP contribution in [0.3, 0.4) is 0 Å². The number of hydrogen-bond donors (Lipinski definition) is 0. The summed E-state index contributed by atoms with van der Waals surface area (Å²) in [5.41, 5.74) is 0.648. The maximum atomic E-state index is 12.9. The Morgan fingerprint density at radius 3 is 2.19 bits per heavy atom. The Labute approximate surface area is 160 Å². The fourth-order valence-corrected chi connectivity index (χ4v) is 5.02. The van der Waals surface area contributed by atoms with Crippen molar-refractivity contribution >= 4 is 26.0 Å². The van der Waals surface area contributed by atoms with Crippen LogP contribution in [-0.4, -0.2) is 77.6 Å². The molecule has 0 amide bonds. The van der Waals surface area contributed by atoms with Gasteiger partial charge in [0.05, 0.1) is 18.3 Å². The molecule has 1 fully saturated rings. The number of nitrogens with zero attached hydrogens (tertiary/aromatic N) is 2. The highest BCUT2D eigenvalue weighted by Gasteiger charge is 2.31. The summed E-state index contributed by atoms with van der Waals surface area (Å²) in [4.78, 5) is 11.3. The molecule has 0 aromatic heterocycles.